The average Bonchev–Trinajstić information content (AvgIpc) is 2.77. The van der Waals surface area contributed by atoms with Crippen LogP contribution in [-0.4, -0.2) is 50.5 Å². The minimum Gasteiger partial charge on any atom is -0.354 e. The normalized spacial score (nSPS) is 12.3. The van der Waals surface area contributed by atoms with Crippen LogP contribution in [0.25, 0.3) is 0 Å². The van der Waals surface area contributed by atoms with Crippen molar-refractivity contribution in [3.05, 3.63) is 64.4 Å². The minimum atomic E-state index is -3.82. The average molecular weight is 556 g/mol. The molecule has 2 aromatic carbocycles. The number of benzene rings is 2. The van der Waals surface area contributed by atoms with E-state index in [0.717, 1.165) is 10.6 Å². The molecule has 0 aliphatic heterocycles. The van der Waals surface area contributed by atoms with Crippen LogP contribution in [0, 0.1) is 11.7 Å². The Hall–Kier alpha value is -2.46. The van der Waals surface area contributed by atoms with Gasteiger partial charge < -0.3 is 10.2 Å². The van der Waals surface area contributed by atoms with Crippen molar-refractivity contribution in [1.29, 1.82) is 0 Å². The minimum absolute atomic E-state index is 0.0281. The van der Waals surface area contributed by atoms with Crippen LogP contribution in [0.15, 0.2) is 53.0 Å². The predicted molar refractivity (Wildman–Crippen MR) is 135 cm³/mol. The number of hydrogen-bond donors (Lipinski definition) is 1. The summed E-state index contributed by atoms with van der Waals surface area (Å²) in [5.41, 5.74) is 0.939. The third kappa shape index (κ3) is 7.80. The first-order chi connectivity index (χ1) is 15.9. The number of nitrogens with zero attached hydrogens (tertiary/aromatic N) is 2. The summed E-state index contributed by atoms with van der Waals surface area (Å²) in [6.45, 7) is 5.69. The Morgan fingerprint density at radius 1 is 1.09 bits per heavy atom. The topological polar surface area (TPSA) is 86.8 Å². The molecule has 2 rings (SSSR count). The summed E-state index contributed by atoms with van der Waals surface area (Å²) in [5, 5.41) is 2.86. The lowest BCUT2D eigenvalue weighted by Crippen LogP contribution is -2.52. The molecule has 0 spiro atoms. The molecule has 2 aromatic rings. The molecule has 1 unspecified atom stereocenters. The van der Waals surface area contributed by atoms with Crippen molar-refractivity contribution in [3.63, 3.8) is 0 Å². The molecule has 0 aliphatic rings. The monoisotopic (exact) mass is 555 g/mol. The number of carbonyl (C=O) groups excluding carboxylic acids is 2. The fourth-order valence-corrected chi connectivity index (χ4v) is 4.85. The van der Waals surface area contributed by atoms with Gasteiger partial charge in [-0.25, -0.2) is 12.8 Å². The summed E-state index contributed by atoms with van der Waals surface area (Å²) >= 11 is 3.35. The summed E-state index contributed by atoms with van der Waals surface area (Å²) in [6, 6.07) is 11.5. The Kier molecular flexibility index (Phi) is 10.1. The van der Waals surface area contributed by atoms with E-state index in [0.29, 0.717) is 28.7 Å². The first-order valence-electron chi connectivity index (χ1n) is 11.0. The fraction of sp³-hybridized carbons (Fsp3) is 0.417. The molecule has 1 atom stereocenters. The highest BCUT2D eigenvalue weighted by molar-refractivity contribution is 9.10. The van der Waals surface area contributed by atoms with E-state index in [9.17, 15) is 22.4 Å². The van der Waals surface area contributed by atoms with Crippen LogP contribution in [0.4, 0.5) is 10.1 Å². The Morgan fingerprint density at radius 2 is 1.71 bits per heavy atom. The number of hydrogen-bond acceptors (Lipinski definition) is 4. The molecule has 0 saturated heterocycles. The number of carbonyl (C=O) groups is 2. The van der Waals surface area contributed by atoms with E-state index in [2.05, 4.69) is 21.2 Å². The molecular formula is C24H31BrFN3O4S. The molecule has 2 amide bonds. The Bertz CT molecular complexity index is 1090. The van der Waals surface area contributed by atoms with E-state index in [4.69, 9.17) is 0 Å². The predicted octanol–water partition coefficient (Wildman–Crippen LogP) is 3.93. The second-order valence-electron chi connectivity index (χ2n) is 8.43. The zero-order valence-corrected chi connectivity index (χ0v) is 22.2. The van der Waals surface area contributed by atoms with Gasteiger partial charge in [0.1, 0.15) is 18.4 Å². The molecule has 0 aliphatic carbocycles. The fourth-order valence-electron chi connectivity index (χ4n) is 3.38. The molecule has 34 heavy (non-hydrogen) atoms. The van der Waals surface area contributed by atoms with Gasteiger partial charge >= 0.3 is 0 Å². The van der Waals surface area contributed by atoms with Crippen molar-refractivity contribution >= 4 is 43.5 Å². The van der Waals surface area contributed by atoms with E-state index in [1.807, 2.05) is 13.8 Å². The van der Waals surface area contributed by atoms with Gasteiger partial charge in [0.15, 0.2) is 0 Å². The van der Waals surface area contributed by atoms with E-state index in [1.165, 1.54) is 29.2 Å². The van der Waals surface area contributed by atoms with Gasteiger partial charge in [-0.15, -0.1) is 0 Å². The van der Waals surface area contributed by atoms with Gasteiger partial charge in [-0.3, -0.25) is 13.9 Å². The van der Waals surface area contributed by atoms with E-state index in [1.54, 1.807) is 31.2 Å². The van der Waals surface area contributed by atoms with Crippen molar-refractivity contribution < 1.29 is 22.4 Å². The largest absolute Gasteiger partial charge is 0.354 e. The first-order valence-corrected chi connectivity index (χ1v) is 13.6. The maximum atomic E-state index is 13.5. The van der Waals surface area contributed by atoms with Gasteiger partial charge in [0.2, 0.25) is 21.8 Å². The second-order valence-corrected chi connectivity index (χ2v) is 11.2. The van der Waals surface area contributed by atoms with Crippen LogP contribution < -0.4 is 9.62 Å². The highest BCUT2D eigenvalue weighted by atomic mass is 79.9. The van der Waals surface area contributed by atoms with Crippen LogP contribution in [0.5, 0.6) is 0 Å². The molecule has 7 nitrogen and oxygen atoms in total. The van der Waals surface area contributed by atoms with Gasteiger partial charge in [0.05, 0.1) is 11.9 Å². The van der Waals surface area contributed by atoms with Crippen molar-refractivity contribution in [2.75, 3.05) is 23.7 Å². The highest BCUT2D eigenvalue weighted by Gasteiger charge is 2.32. The molecular weight excluding hydrogens is 525 g/mol. The third-order valence-corrected chi connectivity index (χ3v) is 6.93. The molecule has 10 heteroatoms. The number of para-hydroxylation sites is 1. The smallest absolute Gasteiger partial charge is 0.244 e. The van der Waals surface area contributed by atoms with Crippen LogP contribution in [0.2, 0.25) is 0 Å². The molecule has 0 heterocycles. The maximum Gasteiger partial charge on any atom is 0.244 e. The Labute approximate surface area is 209 Å². The van der Waals surface area contributed by atoms with Gasteiger partial charge in [-0.2, -0.15) is 0 Å². The van der Waals surface area contributed by atoms with E-state index < -0.39 is 34.3 Å². The standard InChI is InChI=1S/C24H31BrFN3O4S/c1-5-21(24(31)27-14-17(2)3)28(15-18-10-12-19(26)13-11-18)23(30)16-29(34(4,32)33)22-9-7-6-8-20(22)25/h6-13,17,21H,5,14-16H2,1-4H3,(H,27,31). The van der Waals surface area contributed by atoms with Crippen molar-refractivity contribution in [3.8, 4) is 0 Å². The van der Waals surface area contributed by atoms with Crippen molar-refractivity contribution in [2.45, 2.75) is 39.8 Å². The molecule has 0 aromatic heterocycles. The zero-order valence-electron chi connectivity index (χ0n) is 19.8. The summed E-state index contributed by atoms with van der Waals surface area (Å²) in [6.07, 6.45) is 1.35. The number of nitrogens with one attached hydrogen (secondary N) is 1. The Balaban J connectivity index is 2.42. The Morgan fingerprint density at radius 3 is 2.24 bits per heavy atom. The van der Waals surface area contributed by atoms with Crippen LogP contribution >= 0.6 is 15.9 Å². The summed E-state index contributed by atoms with van der Waals surface area (Å²) in [7, 11) is -3.82. The number of halogens is 2. The SMILES string of the molecule is CCC(C(=O)NCC(C)C)N(Cc1ccc(F)cc1)C(=O)CN(c1ccccc1Br)S(C)(=O)=O. The van der Waals surface area contributed by atoms with Crippen LogP contribution in [-0.2, 0) is 26.2 Å². The van der Waals surface area contributed by atoms with Gasteiger partial charge in [-0.05, 0) is 58.1 Å². The van der Waals surface area contributed by atoms with Gasteiger partial charge in [0, 0.05) is 17.6 Å². The van der Waals surface area contributed by atoms with Crippen LogP contribution in [0.1, 0.15) is 32.8 Å². The third-order valence-electron chi connectivity index (χ3n) is 5.14. The van der Waals surface area contributed by atoms with Gasteiger partial charge in [-0.1, -0.05) is 45.0 Å². The van der Waals surface area contributed by atoms with Crippen molar-refractivity contribution in [2.24, 2.45) is 5.92 Å². The molecule has 0 radical (unpaired) electrons. The van der Waals surface area contributed by atoms with E-state index in [-0.39, 0.29) is 18.4 Å². The summed E-state index contributed by atoms with van der Waals surface area (Å²) in [5.74, 6) is -1.06. The second kappa shape index (κ2) is 12.3. The van der Waals surface area contributed by atoms with E-state index >= 15 is 0 Å². The number of amides is 2. The molecule has 0 fully saturated rings. The molecule has 1 N–H and O–H groups in total. The summed E-state index contributed by atoms with van der Waals surface area (Å²) < 4.78 is 40.1. The lowest BCUT2D eigenvalue weighted by molar-refractivity contribution is -0.140. The first kappa shape index (κ1) is 27.8. The zero-order chi connectivity index (χ0) is 25.5. The molecule has 0 bridgehead atoms. The molecule has 186 valence electrons. The van der Waals surface area contributed by atoms with Gasteiger partial charge in [0.25, 0.3) is 0 Å². The lowest BCUT2D eigenvalue weighted by atomic mass is 10.1. The highest BCUT2D eigenvalue weighted by Crippen LogP contribution is 2.28. The maximum absolute atomic E-state index is 13.5. The number of sulfonamides is 1. The quantitative estimate of drug-likeness (QED) is 0.455. The summed E-state index contributed by atoms with van der Waals surface area (Å²) in [4.78, 5) is 27.9. The number of rotatable bonds is 11. The lowest BCUT2D eigenvalue weighted by Gasteiger charge is -2.33. The number of anilines is 1. The van der Waals surface area contributed by atoms with Crippen molar-refractivity contribution in [1.82, 2.24) is 10.2 Å². The molecule has 0 saturated carbocycles. The van der Waals surface area contributed by atoms with Crippen LogP contribution in [0.3, 0.4) is 0 Å².